The molecule has 1 unspecified atom stereocenters. The second-order valence-electron chi connectivity index (χ2n) is 2.88. The first-order valence-corrected chi connectivity index (χ1v) is 5.54. The summed E-state index contributed by atoms with van der Waals surface area (Å²) in [7, 11) is 3.95. The molecule has 0 aliphatic carbocycles. The molecule has 74 valence electrons. The van der Waals surface area contributed by atoms with Gasteiger partial charge in [-0.05, 0) is 39.2 Å². The highest BCUT2D eigenvalue weighted by molar-refractivity contribution is 7.16. The van der Waals surface area contributed by atoms with E-state index in [1.54, 1.807) is 11.3 Å². The van der Waals surface area contributed by atoms with Crippen molar-refractivity contribution in [1.82, 2.24) is 10.6 Å². The zero-order valence-corrected chi connectivity index (χ0v) is 9.50. The van der Waals surface area contributed by atoms with Gasteiger partial charge in [-0.1, -0.05) is 11.6 Å². The highest BCUT2D eigenvalue weighted by atomic mass is 35.5. The number of halogens is 1. The van der Waals surface area contributed by atoms with Gasteiger partial charge in [-0.3, -0.25) is 0 Å². The molecule has 2 nitrogen and oxygen atoms in total. The van der Waals surface area contributed by atoms with Gasteiger partial charge in [0.1, 0.15) is 0 Å². The highest BCUT2D eigenvalue weighted by Gasteiger charge is 2.10. The molecule has 0 saturated carbocycles. The number of nitrogens with one attached hydrogen (secondary N) is 2. The van der Waals surface area contributed by atoms with E-state index in [1.165, 1.54) is 4.88 Å². The minimum absolute atomic E-state index is 0.421. The number of hydrogen-bond acceptors (Lipinski definition) is 3. The van der Waals surface area contributed by atoms with Gasteiger partial charge in [0, 0.05) is 10.9 Å². The lowest BCUT2D eigenvalue weighted by Crippen LogP contribution is -2.20. The van der Waals surface area contributed by atoms with Crippen LogP contribution in [0.25, 0.3) is 0 Å². The minimum Gasteiger partial charge on any atom is -0.320 e. The molecule has 0 saturated heterocycles. The van der Waals surface area contributed by atoms with Crippen molar-refractivity contribution in [2.24, 2.45) is 0 Å². The molecule has 0 bridgehead atoms. The van der Waals surface area contributed by atoms with E-state index in [1.807, 2.05) is 20.2 Å². The fourth-order valence-electron chi connectivity index (χ4n) is 1.23. The second-order valence-corrected chi connectivity index (χ2v) is 4.62. The molecule has 0 aliphatic rings. The summed E-state index contributed by atoms with van der Waals surface area (Å²) < 4.78 is 0.861. The van der Waals surface area contributed by atoms with Crippen molar-refractivity contribution in [3.8, 4) is 0 Å². The third-order valence-electron chi connectivity index (χ3n) is 1.97. The van der Waals surface area contributed by atoms with Crippen molar-refractivity contribution in [2.75, 3.05) is 20.6 Å². The Labute approximate surface area is 88.3 Å². The van der Waals surface area contributed by atoms with Crippen LogP contribution in [0.2, 0.25) is 4.34 Å². The number of thiophene rings is 1. The predicted octanol–water partition coefficient (Wildman–Crippen LogP) is 2.27. The summed E-state index contributed by atoms with van der Waals surface area (Å²) in [4.78, 5) is 1.31. The Morgan fingerprint density at radius 3 is 2.69 bits per heavy atom. The van der Waals surface area contributed by atoms with Gasteiger partial charge < -0.3 is 10.6 Å². The summed E-state index contributed by atoms with van der Waals surface area (Å²) >= 11 is 7.52. The lowest BCUT2D eigenvalue weighted by molar-refractivity contribution is 0.541. The molecule has 1 heterocycles. The van der Waals surface area contributed by atoms with Gasteiger partial charge in [-0.2, -0.15) is 0 Å². The molecule has 13 heavy (non-hydrogen) atoms. The van der Waals surface area contributed by atoms with E-state index in [0.717, 1.165) is 17.3 Å². The molecular weight excluding hydrogens is 204 g/mol. The fraction of sp³-hybridized carbons (Fsp3) is 0.556. The summed E-state index contributed by atoms with van der Waals surface area (Å²) in [6.07, 6.45) is 1.09. The molecule has 0 aliphatic heterocycles. The quantitative estimate of drug-likeness (QED) is 0.793. The standard InChI is InChI=1S/C9H15ClN2S/c1-11-6-5-7(12-2)8-3-4-9(10)13-8/h3-4,7,11-12H,5-6H2,1-2H3. The first kappa shape index (κ1) is 11.0. The summed E-state index contributed by atoms with van der Waals surface area (Å²) in [6.45, 7) is 1.01. The van der Waals surface area contributed by atoms with Crippen LogP contribution in [0.15, 0.2) is 12.1 Å². The maximum atomic E-state index is 5.87. The summed E-state index contributed by atoms with van der Waals surface area (Å²) in [5, 5.41) is 6.42. The maximum Gasteiger partial charge on any atom is 0.0931 e. The second kappa shape index (κ2) is 5.60. The van der Waals surface area contributed by atoms with E-state index in [2.05, 4.69) is 16.7 Å². The summed E-state index contributed by atoms with van der Waals surface area (Å²) in [5.41, 5.74) is 0. The van der Waals surface area contributed by atoms with E-state index in [0.29, 0.717) is 6.04 Å². The van der Waals surface area contributed by atoms with Crippen LogP contribution in [0.4, 0.5) is 0 Å². The third kappa shape index (κ3) is 3.27. The van der Waals surface area contributed by atoms with Crippen molar-refractivity contribution < 1.29 is 0 Å². The Balaban J connectivity index is 2.56. The molecule has 0 fully saturated rings. The molecule has 0 aromatic carbocycles. The monoisotopic (exact) mass is 218 g/mol. The van der Waals surface area contributed by atoms with Crippen molar-refractivity contribution >= 4 is 22.9 Å². The van der Waals surface area contributed by atoms with Crippen molar-refractivity contribution in [2.45, 2.75) is 12.5 Å². The molecule has 1 aromatic rings. The van der Waals surface area contributed by atoms with Crippen molar-refractivity contribution in [3.63, 3.8) is 0 Å². The van der Waals surface area contributed by atoms with Crippen molar-refractivity contribution in [3.05, 3.63) is 21.3 Å². The Morgan fingerprint density at radius 1 is 1.46 bits per heavy atom. The van der Waals surface area contributed by atoms with Crippen LogP contribution in [-0.2, 0) is 0 Å². The van der Waals surface area contributed by atoms with E-state index in [-0.39, 0.29) is 0 Å². The summed E-state index contributed by atoms with van der Waals surface area (Å²) in [5.74, 6) is 0. The van der Waals surface area contributed by atoms with Crippen LogP contribution in [0.5, 0.6) is 0 Å². The Bertz CT molecular complexity index is 250. The number of rotatable bonds is 5. The maximum absolute atomic E-state index is 5.87. The lowest BCUT2D eigenvalue weighted by atomic mass is 10.2. The predicted molar refractivity (Wildman–Crippen MR) is 59.7 cm³/mol. The van der Waals surface area contributed by atoms with E-state index in [4.69, 9.17) is 11.6 Å². The van der Waals surface area contributed by atoms with Crippen LogP contribution >= 0.6 is 22.9 Å². The SMILES string of the molecule is CNCCC(NC)c1ccc(Cl)s1. The Morgan fingerprint density at radius 2 is 2.23 bits per heavy atom. The van der Waals surface area contributed by atoms with Gasteiger partial charge in [0.15, 0.2) is 0 Å². The van der Waals surface area contributed by atoms with Crippen LogP contribution in [-0.4, -0.2) is 20.6 Å². The first-order valence-electron chi connectivity index (χ1n) is 4.35. The van der Waals surface area contributed by atoms with Gasteiger partial charge >= 0.3 is 0 Å². The molecule has 1 aromatic heterocycles. The average molecular weight is 219 g/mol. The van der Waals surface area contributed by atoms with Crippen LogP contribution in [0, 0.1) is 0 Å². The topological polar surface area (TPSA) is 24.1 Å². The van der Waals surface area contributed by atoms with Gasteiger partial charge in [-0.15, -0.1) is 11.3 Å². The highest BCUT2D eigenvalue weighted by Crippen LogP contribution is 2.28. The Kier molecular flexibility index (Phi) is 4.73. The van der Waals surface area contributed by atoms with Crippen LogP contribution in [0.1, 0.15) is 17.3 Å². The fourth-order valence-corrected chi connectivity index (χ4v) is 2.44. The normalized spacial score (nSPS) is 13.2. The van der Waals surface area contributed by atoms with Gasteiger partial charge in [0.2, 0.25) is 0 Å². The molecule has 0 radical (unpaired) electrons. The van der Waals surface area contributed by atoms with Gasteiger partial charge in [0.25, 0.3) is 0 Å². The third-order valence-corrected chi connectivity index (χ3v) is 3.31. The van der Waals surface area contributed by atoms with Crippen molar-refractivity contribution in [1.29, 1.82) is 0 Å². The summed E-state index contributed by atoms with van der Waals surface area (Å²) in [6, 6.07) is 4.46. The molecule has 0 spiro atoms. The van der Waals surface area contributed by atoms with E-state index in [9.17, 15) is 0 Å². The van der Waals surface area contributed by atoms with Gasteiger partial charge in [0.05, 0.1) is 4.34 Å². The zero-order chi connectivity index (χ0) is 9.68. The molecule has 2 N–H and O–H groups in total. The largest absolute Gasteiger partial charge is 0.320 e. The van der Waals surface area contributed by atoms with Crippen LogP contribution < -0.4 is 10.6 Å². The zero-order valence-electron chi connectivity index (χ0n) is 7.93. The van der Waals surface area contributed by atoms with Gasteiger partial charge in [-0.25, -0.2) is 0 Å². The molecule has 1 atom stereocenters. The van der Waals surface area contributed by atoms with E-state index < -0.39 is 0 Å². The molecule has 0 amide bonds. The number of hydrogen-bond donors (Lipinski definition) is 2. The van der Waals surface area contributed by atoms with E-state index >= 15 is 0 Å². The molecule has 4 heteroatoms. The average Bonchev–Trinajstić information content (AvgIpc) is 2.54. The minimum atomic E-state index is 0.421. The smallest absolute Gasteiger partial charge is 0.0931 e. The molecule has 1 rings (SSSR count). The first-order chi connectivity index (χ1) is 6.27. The lowest BCUT2D eigenvalue weighted by Gasteiger charge is -2.13. The van der Waals surface area contributed by atoms with Crippen LogP contribution in [0.3, 0.4) is 0 Å². The molecular formula is C9H15ClN2S. The Hall–Kier alpha value is -0.0900.